The lowest BCUT2D eigenvalue weighted by Gasteiger charge is -2.13. The summed E-state index contributed by atoms with van der Waals surface area (Å²) >= 11 is 11.7. The number of hydrogen-bond donors (Lipinski definition) is 1. The van der Waals surface area contributed by atoms with Gasteiger partial charge in [0, 0.05) is 11.1 Å². The van der Waals surface area contributed by atoms with Crippen LogP contribution in [0.1, 0.15) is 20.3 Å². The molecule has 0 aliphatic carbocycles. The summed E-state index contributed by atoms with van der Waals surface area (Å²) in [5.41, 5.74) is 0.410. The minimum absolute atomic E-state index is 0.315. The first-order chi connectivity index (χ1) is 9.43. The molecule has 1 aromatic carbocycles. The summed E-state index contributed by atoms with van der Waals surface area (Å²) in [4.78, 5) is 23.2. The Balaban J connectivity index is 2.61. The zero-order chi connectivity index (χ0) is 15.1. The molecule has 108 valence electrons. The second-order valence-corrected chi connectivity index (χ2v) is 4.85. The van der Waals surface area contributed by atoms with Crippen molar-refractivity contribution in [1.29, 1.82) is 0 Å². The predicted molar refractivity (Wildman–Crippen MR) is 80.1 cm³/mol. The van der Waals surface area contributed by atoms with Crippen LogP contribution in [-0.2, 0) is 14.3 Å². The van der Waals surface area contributed by atoms with Crippen LogP contribution >= 0.6 is 23.2 Å². The summed E-state index contributed by atoms with van der Waals surface area (Å²) in [7, 11) is 0. The highest BCUT2D eigenvalue weighted by molar-refractivity contribution is 6.36. The quantitative estimate of drug-likeness (QED) is 0.663. The minimum Gasteiger partial charge on any atom is -0.449 e. The third-order valence-corrected chi connectivity index (χ3v) is 2.89. The molecular formula is C14H15Cl2NO3. The Labute approximate surface area is 127 Å². The molecule has 0 unspecified atom stereocenters. The van der Waals surface area contributed by atoms with E-state index >= 15 is 0 Å². The predicted octanol–water partition coefficient (Wildman–Crippen LogP) is 3.83. The topological polar surface area (TPSA) is 55.4 Å². The number of esters is 1. The minimum atomic E-state index is -0.921. The standard InChI is InChI=1S/C14H15Cl2NO3/c1-3-4-5-13(18)20-9(2)14(19)17-12-7-6-10(15)8-11(12)16/h4-9H,3H2,1-2H3,(H,17,19)/b5-4+/t9-/m1/s1. The van der Waals surface area contributed by atoms with Gasteiger partial charge in [-0.25, -0.2) is 4.79 Å². The molecule has 0 aliphatic rings. The van der Waals surface area contributed by atoms with E-state index in [0.29, 0.717) is 15.7 Å². The number of amides is 1. The molecule has 1 aromatic rings. The Kier molecular flexibility index (Phi) is 6.55. The van der Waals surface area contributed by atoms with Crippen LogP contribution in [0.25, 0.3) is 0 Å². The van der Waals surface area contributed by atoms with E-state index in [-0.39, 0.29) is 0 Å². The summed E-state index contributed by atoms with van der Waals surface area (Å²) in [5, 5.41) is 3.35. The van der Waals surface area contributed by atoms with Crippen LogP contribution in [0, 0.1) is 0 Å². The number of ether oxygens (including phenoxy) is 1. The summed E-state index contributed by atoms with van der Waals surface area (Å²) in [5.74, 6) is -1.02. The number of carbonyl (C=O) groups is 2. The summed E-state index contributed by atoms with van der Waals surface area (Å²) in [6.45, 7) is 3.37. The van der Waals surface area contributed by atoms with Crippen LogP contribution in [0.15, 0.2) is 30.4 Å². The molecule has 0 saturated heterocycles. The van der Waals surface area contributed by atoms with Crippen LogP contribution in [0.5, 0.6) is 0 Å². The van der Waals surface area contributed by atoms with E-state index in [9.17, 15) is 9.59 Å². The summed E-state index contributed by atoms with van der Waals surface area (Å²) < 4.78 is 4.94. The van der Waals surface area contributed by atoms with E-state index < -0.39 is 18.0 Å². The monoisotopic (exact) mass is 315 g/mol. The summed E-state index contributed by atoms with van der Waals surface area (Å²) in [6, 6.07) is 4.69. The molecule has 0 aromatic heterocycles. The molecule has 6 heteroatoms. The number of halogens is 2. The van der Waals surface area contributed by atoms with Crippen molar-refractivity contribution in [3.05, 3.63) is 40.4 Å². The number of hydrogen-bond acceptors (Lipinski definition) is 3. The maximum absolute atomic E-state index is 11.9. The van der Waals surface area contributed by atoms with Crippen molar-refractivity contribution in [3.8, 4) is 0 Å². The van der Waals surface area contributed by atoms with E-state index in [1.165, 1.54) is 19.1 Å². The van der Waals surface area contributed by atoms with Crippen molar-refractivity contribution in [2.75, 3.05) is 5.32 Å². The number of benzene rings is 1. The third kappa shape index (κ3) is 5.23. The van der Waals surface area contributed by atoms with Crippen LogP contribution in [0.3, 0.4) is 0 Å². The van der Waals surface area contributed by atoms with Crippen molar-refractivity contribution >= 4 is 40.8 Å². The molecule has 0 bridgehead atoms. The molecule has 0 spiro atoms. The lowest BCUT2D eigenvalue weighted by molar-refractivity contribution is -0.148. The van der Waals surface area contributed by atoms with Crippen molar-refractivity contribution in [3.63, 3.8) is 0 Å². The maximum atomic E-state index is 11.9. The van der Waals surface area contributed by atoms with Gasteiger partial charge in [-0.3, -0.25) is 4.79 Å². The molecule has 20 heavy (non-hydrogen) atoms. The third-order valence-electron chi connectivity index (χ3n) is 2.34. The molecule has 1 N–H and O–H groups in total. The van der Waals surface area contributed by atoms with Gasteiger partial charge in [0.05, 0.1) is 10.7 Å². The van der Waals surface area contributed by atoms with E-state index in [4.69, 9.17) is 27.9 Å². The van der Waals surface area contributed by atoms with Gasteiger partial charge in [0.25, 0.3) is 5.91 Å². The lowest BCUT2D eigenvalue weighted by Crippen LogP contribution is -2.29. The largest absolute Gasteiger partial charge is 0.449 e. The zero-order valence-electron chi connectivity index (χ0n) is 11.2. The Bertz CT molecular complexity index is 529. The van der Waals surface area contributed by atoms with E-state index in [0.717, 1.165) is 6.42 Å². The van der Waals surface area contributed by atoms with E-state index in [1.54, 1.807) is 18.2 Å². The average Bonchev–Trinajstić information content (AvgIpc) is 2.39. The highest BCUT2D eigenvalue weighted by Gasteiger charge is 2.17. The van der Waals surface area contributed by atoms with Crippen LogP contribution in [-0.4, -0.2) is 18.0 Å². The van der Waals surface area contributed by atoms with Gasteiger partial charge in [0.15, 0.2) is 6.10 Å². The Morgan fingerprint density at radius 3 is 2.70 bits per heavy atom. The molecule has 0 aliphatic heterocycles. The van der Waals surface area contributed by atoms with Crippen molar-refractivity contribution in [1.82, 2.24) is 0 Å². The SMILES string of the molecule is CC/C=C/C(=O)O[C@H](C)C(=O)Nc1ccc(Cl)cc1Cl. The molecule has 1 amide bonds. The van der Waals surface area contributed by atoms with Crippen molar-refractivity contribution in [2.24, 2.45) is 0 Å². The van der Waals surface area contributed by atoms with Gasteiger partial charge in [0.2, 0.25) is 0 Å². The molecule has 4 nitrogen and oxygen atoms in total. The molecule has 0 fully saturated rings. The first-order valence-electron chi connectivity index (χ1n) is 6.07. The molecule has 1 atom stereocenters. The Hall–Kier alpha value is -1.52. The van der Waals surface area contributed by atoms with Gasteiger partial charge in [-0.2, -0.15) is 0 Å². The lowest BCUT2D eigenvalue weighted by atomic mass is 10.3. The van der Waals surface area contributed by atoms with Gasteiger partial charge in [-0.15, -0.1) is 0 Å². The smallest absolute Gasteiger partial charge is 0.331 e. The number of allylic oxidation sites excluding steroid dienone is 1. The van der Waals surface area contributed by atoms with Crippen molar-refractivity contribution < 1.29 is 14.3 Å². The first kappa shape index (κ1) is 16.5. The Morgan fingerprint density at radius 2 is 2.10 bits per heavy atom. The molecular weight excluding hydrogens is 301 g/mol. The molecule has 1 rings (SSSR count). The fourth-order valence-corrected chi connectivity index (χ4v) is 1.76. The number of anilines is 1. The second kappa shape index (κ2) is 7.92. The highest BCUT2D eigenvalue weighted by atomic mass is 35.5. The van der Waals surface area contributed by atoms with E-state index in [2.05, 4.69) is 5.32 Å². The molecule has 0 heterocycles. The van der Waals surface area contributed by atoms with Crippen LogP contribution in [0.2, 0.25) is 10.0 Å². The van der Waals surface area contributed by atoms with Crippen molar-refractivity contribution in [2.45, 2.75) is 26.4 Å². The van der Waals surface area contributed by atoms with Crippen LogP contribution in [0.4, 0.5) is 5.69 Å². The normalized spacial score (nSPS) is 12.2. The Morgan fingerprint density at radius 1 is 1.40 bits per heavy atom. The van der Waals surface area contributed by atoms with Gasteiger partial charge in [0.1, 0.15) is 0 Å². The van der Waals surface area contributed by atoms with Gasteiger partial charge in [-0.1, -0.05) is 36.2 Å². The number of rotatable bonds is 5. The fraction of sp³-hybridized carbons (Fsp3) is 0.286. The van der Waals surface area contributed by atoms with Gasteiger partial charge < -0.3 is 10.1 Å². The molecule has 0 radical (unpaired) electrons. The van der Waals surface area contributed by atoms with Gasteiger partial charge in [-0.05, 0) is 31.5 Å². The first-order valence-corrected chi connectivity index (χ1v) is 6.82. The number of carbonyl (C=O) groups excluding carboxylic acids is 2. The molecule has 0 saturated carbocycles. The number of nitrogens with one attached hydrogen (secondary N) is 1. The van der Waals surface area contributed by atoms with Gasteiger partial charge >= 0.3 is 5.97 Å². The fourth-order valence-electron chi connectivity index (χ4n) is 1.31. The average molecular weight is 316 g/mol. The summed E-state index contributed by atoms with van der Waals surface area (Å²) in [6.07, 6.45) is 2.74. The maximum Gasteiger partial charge on any atom is 0.331 e. The zero-order valence-corrected chi connectivity index (χ0v) is 12.7. The van der Waals surface area contributed by atoms with E-state index in [1.807, 2.05) is 6.92 Å². The second-order valence-electron chi connectivity index (χ2n) is 4.00. The van der Waals surface area contributed by atoms with Crippen LogP contribution < -0.4 is 5.32 Å². The highest BCUT2D eigenvalue weighted by Crippen LogP contribution is 2.25.